The summed E-state index contributed by atoms with van der Waals surface area (Å²) in [6.45, 7) is 5.18. The number of nitrogens with zero attached hydrogens (tertiary/aromatic N) is 1. The van der Waals surface area contributed by atoms with Gasteiger partial charge in [-0.15, -0.1) is 0 Å². The van der Waals surface area contributed by atoms with Crippen molar-refractivity contribution in [3.63, 3.8) is 0 Å². The van der Waals surface area contributed by atoms with E-state index >= 15 is 0 Å². The molecule has 2 heterocycles. The molecule has 120 valence electrons. The van der Waals surface area contributed by atoms with Crippen LogP contribution in [0.25, 0.3) is 0 Å². The van der Waals surface area contributed by atoms with Gasteiger partial charge in [-0.2, -0.15) is 0 Å². The van der Waals surface area contributed by atoms with Crippen LogP contribution in [0, 0.1) is 0 Å². The van der Waals surface area contributed by atoms with Crippen LogP contribution in [-0.2, 0) is 4.74 Å². The molecule has 1 saturated heterocycles. The van der Waals surface area contributed by atoms with Crippen LogP contribution in [0.4, 0.5) is 5.69 Å². The van der Waals surface area contributed by atoms with Crippen LogP contribution in [0.3, 0.4) is 0 Å². The number of carbonyl (C=O) groups is 1. The standard InChI is InChI=1S/C15H21N3O3S/c1-9-8-16-4-5-18(9)15-17-13-11(20-2)6-10(14(19)21-3)7-12(13)22-15/h6-7,9,15-17H,4-5,8H2,1-3H3/t9-,15?/m1/s1. The van der Waals surface area contributed by atoms with E-state index in [9.17, 15) is 4.79 Å². The number of anilines is 1. The second kappa shape index (κ2) is 6.36. The molecule has 0 aliphatic carbocycles. The lowest BCUT2D eigenvalue weighted by molar-refractivity contribution is 0.0600. The second-order valence-electron chi connectivity index (χ2n) is 5.45. The molecule has 0 bridgehead atoms. The average Bonchev–Trinajstić information content (AvgIpc) is 2.97. The van der Waals surface area contributed by atoms with Crippen molar-refractivity contribution >= 4 is 23.4 Å². The number of methoxy groups -OCH3 is 2. The van der Waals surface area contributed by atoms with Crippen LogP contribution in [0.1, 0.15) is 17.3 Å². The average molecular weight is 323 g/mol. The van der Waals surface area contributed by atoms with Crippen molar-refractivity contribution in [2.45, 2.75) is 23.4 Å². The summed E-state index contributed by atoms with van der Waals surface area (Å²) in [6.07, 6.45) is 0. The highest BCUT2D eigenvalue weighted by Crippen LogP contribution is 2.46. The Morgan fingerprint density at radius 2 is 2.23 bits per heavy atom. The normalized spacial score (nSPS) is 24.5. The Balaban J connectivity index is 1.87. The van der Waals surface area contributed by atoms with E-state index in [-0.39, 0.29) is 11.5 Å². The van der Waals surface area contributed by atoms with E-state index in [2.05, 4.69) is 22.5 Å². The quantitative estimate of drug-likeness (QED) is 0.819. The first kappa shape index (κ1) is 15.5. The van der Waals surface area contributed by atoms with Gasteiger partial charge in [-0.05, 0) is 19.1 Å². The molecule has 1 fully saturated rings. The first-order chi connectivity index (χ1) is 10.6. The van der Waals surface area contributed by atoms with Crippen LogP contribution < -0.4 is 15.4 Å². The number of nitrogens with one attached hydrogen (secondary N) is 2. The molecule has 0 radical (unpaired) electrons. The van der Waals surface area contributed by atoms with Crippen LogP contribution in [-0.4, -0.2) is 56.3 Å². The lowest BCUT2D eigenvalue weighted by Crippen LogP contribution is -2.54. The van der Waals surface area contributed by atoms with E-state index in [1.165, 1.54) is 7.11 Å². The van der Waals surface area contributed by atoms with Crippen molar-refractivity contribution in [2.75, 3.05) is 39.2 Å². The molecule has 6 nitrogen and oxygen atoms in total. The fraction of sp³-hybridized carbons (Fsp3) is 0.533. The van der Waals surface area contributed by atoms with Gasteiger partial charge < -0.3 is 20.1 Å². The van der Waals surface area contributed by atoms with Crippen LogP contribution in [0.15, 0.2) is 17.0 Å². The maximum absolute atomic E-state index is 11.8. The number of rotatable bonds is 3. The number of esters is 1. The van der Waals surface area contributed by atoms with Gasteiger partial charge in [0.25, 0.3) is 0 Å². The molecule has 1 aromatic rings. The minimum Gasteiger partial charge on any atom is -0.495 e. The lowest BCUT2D eigenvalue weighted by atomic mass is 10.2. The number of hydrogen-bond donors (Lipinski definition) is 2. The third kappa shape index (κ3) is 2.76. The Bertz CT molecular complexity index is 581. The Kier molecular flexibility index (Phi) is 4.46. The van der Waals surface area contributed by atoms with Crippen LogP contribution in [0.5, 0.6) is 5.75 Å². The number of ether oxygens (including phenoxy) is 2. The molecule has 2 N–H and O–H groups in total. The molecule has 3 rings (SSSR count). The molecule has 0 amide bonds. The molecule has 2 atom stereocenters. The predicted octanol–water partition coefficient (Wildman–Crippen LogP) is 1.58. The largest absolute Gasteiger partial charge is 0.495 e. The van der Waals surface area contributed by atoms with Gasteiger partial charge in [0.15, 0.2) is 0 Å². The van der Waals surface area contributed by atoms with E-state index in [4.69, 9.17) is 9.47 Å². The lowest BCUT2D eigenvalue weighted by Gasteiger charge is -2.37. The van der Waals surface area contributed by atoms with Crippen LogP contribution >= 0.6 is 11.8 Å². The fourth-order valence-electron chi connectivity index (χ4n) is 2.85. The predicted molar refractivity (Wildman–Crippen MR) is 86.6 cm³/mol. The molecule has 0 spiro atoms. The molecule has 1 aromatic carbocycles. The molecular weight excluding hydrogens is 302 g/mol. The minimum atomic E-state index is -0.347. The Morgan fingerprint density at radius 1 is 1.41 bits per heavy atom. The summed E-state index contributed by atoms with van der Waals surface area (Å²) in [6, 6.07) is 4.05. The molecule has 2 aliphatic rings. The summed E-state index contributed by atoms with van der Waals surface area (Å²) in [5, 5.41) is 6.92. The van der Waals surface area contributed by atoms with Gasteiger partial charge in [0.05, 0.1) is 25.5 Å². The van der Waals surface area contributed by atoms with Crippen molar-refractivity contribution in [2.24, 2.45) is 0 Å². The molecule has 0 aromatic heterocycles. The van der Waals surface area contributed by atoms with Gasteiger partial charge in [-0.25, -0.2) is 4.79 Å². The fourth-order valence-corrected chi connectivity index (χ4v) is 4.19. The van der Waals surface area contributed by atoms with Crippen molar-refractivity contribution in [1.29, 1.82) is 0 Å². The van der Waals surface area contributed by atoms with Crippen molar-refractivity contribution in [1.82, 2.24) is 10.2 Å². The van der Waals surface area contributed by atoms with E-state index in [1.54, 1.807) is 24.9 Å². The van der Waals surface area contributed by atoms with Crippen molar-refractivity contribution in [3.05, 3.63) is 17.7 Å². The maximum atomic E-state index is 11.8. The topological polar surface area (TPSA) is 62.8 Å². The number of thioether (sulfide) groups is 1. The molecular formula is C15H21N3O3S. The highest BCUT2D eigenvalue weighted by atomic mass is 32.2. The molecule has 2 aliphatic heterocycles. The molecule has 0 saturated carbocycles. The van der Waals surface area contributed by atoms with E-state index in [0.29, 0.717) is 17.4 Å². The number of hydrogen-bond acceptors (Lipinski definition) is 7. The zero-order valence-corrected chi connectivity index (χ0v) is 13.8. The van der Waals surface area contributed by atoms with Gasteiger partial charge in [0, 0.05) is 30.6 Å². The number of piperazine rings is 1. The minimum absolute atomic E-state index is 0.161. The smallest absolute Gasteiger partial charge is 0.338 e. The highest BCUT2D eigenvalue weighted by Gasteiger charge is 2.33. The molecule has 7 heteroatoms. The molecule has 1 unspecified atom stereocenters. The summed E-state index contributed by atoms with van der Waals surface area (Å²) in [7, 11) is 3.00. The first-order valence-electron chi connectivity index (χ1n) is 7.34. The number of benzene rings is 1. The third-order valence-electron chi connectivity index (χ3n) is 4.07. The van der Waals surface area contributed by atoms with E-state index in [0.717, 1.165) is 30.2 Å². The van der Waals surface area contributed by atoms with E-state index in [1.807, 2.05) is 6.07 Å². The van der Waals surface area contributed by atoms with Crippen molar-refractivity contribution < 1.29 is 14.3 Å². The van der Waals surface area contributed by atoms with Gasteiger partial charge in [0.1, 0.15) is 11.2 Å². The summed E-state index contributed by atoms with van der Waals surface area (Å²) >= 11 is 1.72. The maximum Gasteiger partial charge on any atom is 0.338 e. The third-order valence-corrected chi connectivity index (χ3v) is 5.26. The summed E-state index contributed by atoms with van der Waals surface area (Å²) in [5.74, 6) is 0.330. The van der Waals surface area contributed by atoms with Crippen molar-refractivity contribution in [3.8, 4) is 5.75 Å². The van der Waals surface area contributed by atoms with Gasteiger partial charge in [-0.1, -0.05) is 11.8 Å². The molecule has 22 heavy (non-hydrogen) atoms. The SMILES string of the molecule is COC(=O)c1cc(OC)c2c(c1)SC(N1CCNC[C@H]1C)N2. The Labute approximate surface area is 134 Å². The summed E-state index contributed by atoms with van der Waals surface area (Å²) in [5.41, 5.74) is 1.63. The van der Waals surface area contributed by atoms with Crippen LogP contribution in [0.2, 0.25) is 0 Å². The summed E-state index contributed by atoms with van der Waals surface area (Å²) in [4.78, 5) is 15.2. The summed E-state index contributed by atoms with van der Waals surface area (Å²) < 4.78 is 10.3. The Morgan fingerprint density at radius 3 is 2.91 bits per heavy atom. The second-order valence-corrected chi connectivity index (χ2v) is 6.57. The van der Waals surface area contributed by atoms with Gasteiger partial charge in [-0.3, -0.25) is 4.90 Å². The monoisotopic (exact) mass is 323 g/mol. The number of fused-ring (bicyclic) bond motifs is 1. The first-order valence-corrected chi connectivity index (χ1v) is 8.22. The number of carbonyl (C=O) groups excluding carboxylic acids is 1. The Hall–Kier alpha value is -1.44. The highest BCUT2D eigenvalue weighted by molar-refractivity contribution is 8.00. The van der Waals surface area contributed by atoms with Gasteiger partial charge in [0.2, 0.25) is 0 Å². The zero-order chi connectivity index (χ0) is 15.7. The van der Waals surface area contributed by atoms with E-state index < -0.39 is 0 Å². The zero-order valence-electron chi connectivity index (χ0n) is 13.0. The van der Waals surface area contributed by atoms with Gasteiger partial charge >= 0.3 is 5.97 Å².